The number of carbonyl (C=O) groups excluding carboxylic acids is 1. The average molecular weight is 280 g/mol. The molecule has 2 aliphatic heterocycles. The molecule has 4 unspecified atom stereocenters. The molecule has 3 aliphatic rings. The van der Waals surface area contributed by atoms with Crippen molar-refractivity contribution >= 4 is 5.91 Å². The smallest absolute Gasteiger partial charge is 0.237 e. The second-order valence-corrected chi connectivity index (χ2v) is 6.66. The molecule has 0 aromatic carbocycles. The van der Waals surface area contributed by atoms with Gasteiger partial charge in [-0.3, -0.25) is 4.79 Å². The summed E-state index contributed by atoms with van der Waals surface area (Å²) in [4.78, 5) is 12.2. The summed E-state index contributed by atoms with van der Waals surface area (Å²) < 4.78 is 5.58. The Balaban J connectivity index is 1.38. The van der Waals surface area contributed by atoms with Crippen molar-refractivity contribution in [2.45, 2.75) is 76.0 Å². The van der Waals surface area contributed by atoms with E-state index in [0.717, 1.165) is 38.3 Å². The molecule has 4 nitrogen and oxygen atoms in total. The number of nitrogens with one attached hydrogen (secondary N) is 2. The molecular formula is C16H28N2O2. The molecule has 0 bridgehead atoms. The summed E-state index contributed by atoms with van der Waals surface area (Å²) in [6.07, 6.45) is 11.2. The zero-order chi connectivity index (χ0) is 13.8. The standard InChI is InChI=1S/C16H28N2O2/c19-16(17-10-9-13-5-3-11-20-13)15-8-7-12-4-1-2-6-14(12)18-15/h12-15,18H,1-11H2,(H,17,19). The maximum Gasteiger partial charge on any atom is 0.237 e. The predicted molar refractivity (Wildman–Crippen MR) is 78.5 cm³/mol. The monoisotopic (exact) mass is 280 g/mol. The van der Waals surface area contributed by atoms with Gasteiger partial charge in [0.15, 0.2) is 0 Å². The lowest BCUT2D eigenvalue weighted by Gasteiger charge is -2.39. The fourth-order valence-corrected chi connectivity index (χ4v) is 4.05. The normalized spacial score (nSPS) is 37.4. The minimum Gasteiger partial charge on any atom is -0.378 e. The van der Waals surface area contributed by atoms with Crippen LogP contribution in [0, 0.1) is 5.92 Å². The Morgan fingerprint density at radius 1 is 1.10 bits per heavy atom. The first-order chi connectivity index (χ1) is 9.83. The van der Waals surface area contributed by atoms with Crippen LogP contribution in [0.3, 0.4) is 0 Å². The second kappa shape index (κ2) is 6.90. The fourth-order valence-electron chi connectivity index (χ4n) is 4.05. The van der Waals surface area contributed by atoms with Crippen molar-refractivity contribution in [2.75, 3.05) is 13.2 Å². The van der Waals surface area contributed by atoms with Crippen molar-refractivity contribution in [3.05, 3.63) is 0 Å². The molecule has 20 heavy (non-hydrogen) atoms. The molecule has 0 aromatic heterocycles. The minimum absolute atomic E-state index is 0.0406. The molecule has 114 valence electrons. The molecule has 4 heteroatoms. The predicted octanol–water partition coefficient (Wildman–Crippen LogP) is 1.98. The number of carbonyl (C=O) groups is 1. The van der Waals surface area contributed by atoms with Gasteiger partial charge in [0, 0.05) is 19.2 Å². The third-order valence-corrected chi connectivity index (χ3v) is 5.26. The van der Waals surface area contributed by atoms with Gasteiger partial charge in [0.1, 0.15) is 0 Å². The second-order valence-electron chi connectivity index (χ2n) is 6.66. The summed E-state index contributed by atoms with van der Waals surface area (Å²) in [5, 5.41) is 6.68. The molecule has 2 saturated heterocycles. The SMILES string of the molecule is O=C(NCCC1CCCO1)C1CCC2CCCCC2N1. The third-order valence-electron chi connectivity index (χ3n) is 5.26. The Hall–Kier alpha value is -0.610. The van der Waals surface area contributed by atoms with Gasteiger partial charge in [0.05, 0.1) is 12.1 Å². The highest BCUT2D eigenvalue weighted by molar-refractivity contribution is 5.81. The average Bonchev–Trinajstić information content (AvgIpc) is 3.00. The quantitative estimate of drug-likeness (QED) is 0.828. The molecule has 2 N–H and O–H groups in total. The van der Waals surface area contributed by atoms with Crippen molar-refractivity contribution in [2.24, 2.45) is 5.92 Å². The van der Waals surface area contributed by atoms with Gasteiger partial charge in [0.25, 0.3) is 0 Å². The van der Waals surface area contributed by atoms with Crippen LogP contribution in [-0.4, -0.2) is 37.2 Å². The minimum atomic E-state index is 0.0406. The molecule has 1 saturated carbocycles. The van der Waals surface area contributed by atoms with Gasteiger partial charge < -0.3 is 15.4 Å². The molecular weight excluding hydrogens is 252 g/mol. The van der Waals surface area contributed by atoms with Crippen LogP contribution in [0.25, 0.3) is 0 Å². The van der Waals surface area contributed by atoms with Crippen LogP contribution in [0.2, 0.25) is 0 Å². The number of rotatable bonds is 4. The summed E-state index contributed by atoms with van der Waals surface area (Å²) >= 11 is 0. The number of fused-ring (bicyclic) bond motifs is 1. The number of hydrogen-bond donors (Lipinski definition) is 2. The van der Waals surface area contributed by atoms with Crippen LogP contribution < -0.4 is 10.6 Å². The van der Waals surface area contributed by atoms with Crippen LogP contribution >= 0.6 is 0 Å². The highest BCUT2D eigenvalue weighted by Crippen LogP contribution is 2.32. The summed E-state index contributed by atoms with van der Waals surface area (Å²) in [7, 11) is 0. The molecule has 0 radical (unpaired) electrons. The van der Waals surface area contributed by atoms with E-state index in [2.05, 4.69) is 10.6 Å². The summed E-state index contributed by atoms with van der Waals surface area (Å²) in [6.45, 7) is 1.65. The Morgan fingerprint density at radius 3 is 2.85 bits per heavy atom. The van der Waals surface area contributed by atoms with Gasteiger partial charge in [-0.1, -0.05) is 12.8 Å². The third kappa shape index (κ3) is 3.53. The zero-order valence-corrected chi connectivity index (χ0v) is 12.4. The maximum absolute atomic E-state index is 12.2. The van der Waals surface area contributed by atoms with E-state index in [1.54, 1.807) is 0 Å². The summed E-state index contributed by atoms with van der Waals surface area (Å²) in [6, 6.07) is 0.630. The maximum atomic E-state index is 12.2. The van der Waals surface area contributed by atoms with Gasteiger partial charge in [-0.15, -0.1) is 0 Å². The Kier molecular flexibility index (Phi) is 4.94. The largest absolute Gasteiger partial charge is 0.378 e. The van der Waals surface area contributed by atoms with Crippen molar-refractivity contribution < 1.29 is 9.53 Å². The van der Waals surface area contributed by atoms with E-state index < -0.39 is 0 Å². The molecule has 0 aromatic rings. The highest BCUT2D eigenvalue weighted by atomic mass is 16.5. The lowest BCUT2D eigenvalue weighted by Crippen LogP contribution is -2.55. The number of hydrogen-bond acceptors (Lipinski definition) is 3. The molecule has 3 fully saturated rings. The van der Waals surface area contributed by atoms with E-state index in [9.17, 15) is 4.79 Å². The fraction of sp³-hybridized carbons (Fsp3) is 0.938. The number of ether oxygens (including phenoxy) is 1. The number of amides is 1. The highest BCUT2D eigenvalue weighted by Gasteiger charge is 2.34. The van der Waals surface area contributed by atoms with E-state index in [1.165, 1.54) is 38.5 Å². The molecule has 0 spiro atoms. The zero-order valence-electron chi connectivity index (χ0n) is 12.4. The lowest BCUT2D eigenvalue weighted by molar-refractivity contribution is -0.124. The Bertz CT molecular complexity index is 328. The Morgan fingerprint density at radius 2 is 2.00 bits per heavy atom. The van der Waals surface area contributed by atoms with Crippen LogP contribution in [0.4, 0.5) is 0 Å². The molecule has 4 atom stereocenters. The van der Waals surface area contributed by atoms with Crippen LogP contribution in [0.5, 0.6) is 0 Å². The summed E-state index contributed by atoms with van der Waals surface area (Å²) in [5.41, 5.74) is 0. The first-order valence-electron chi connectivity index (χ1n) is 8.48. The van der Waals surface area contributed by atoms with Gasteiger partial charge in [0.2, 0.25) is 5.91 Å². The lowest BCUT2D eigenvalue weighted by atomic mass is 9.77. The first-order valence-corrected chi connectivity index (χ1v) is 8.48. The van der Waals surface area contributed by atoms with Crippen LogP contribution in [0.15, 0.2) is 0 Å². The van der Waals surface area contributed by atoms with E-state index in [-0.39, 0.29) is 11.9 Å². The van der Waals surface area contributed by atoms with Crippen molar-refractivity contribution in [1.82, 2.24) is 10.6 Å². The van der Waals surface area contributed by atoms with Crippen molar-refractivity contribution in [3.8, 4) is 0 Å². The van der Waals surface area contributed by atoms with E-state index in [4.69, 9.17) is 4.74 Å². The summed E-state index contributed by atoms with van der Waals surface area (Å²) in [5.74, 6) is 1.02. The first kappa shape index (κ1) is 14.3. The van der Waals surface area contributed by atoms with E-state index >= 15 is 0 Å². The Labute approximate surface area is 122 Å². The van der Waals surface area contributed by atoms with Crippen molar-refractivity contribution in [1.29, 1.82) is 0 Å². The van der Waals surface area contributed by atoms with Gasteiger partial charge in [-0.2, -0.15) is 0 Å². The van der Waals surface area contributed by atoms with Crippen molar-refractivity contribution in [3.63, 3.8) is 0 Å². The van der Waals surface area contributed by atoms with E-state index in [0.29, 0.717) is 12.1 Å². The number of piperidine rings is 1. The van der Waals surface area contributed by atoms with Gasteiger partial charge in [-0.25, -0.2) is 0 Å². The van der Waals surface area contributed by atoms with Gasteiger partial charge in [-0.05, 0) is 50.9 Å². The topological polar surface area (TPSA) is 50.4 Å². The molecule has 1 amide bonds. The van der Waals surface area contributed by atoms with Gasteiger partial charge >= 0.3 is 0 Å². The molecule has 3 rings (SSSR count). The van der Waals surface area contributed by atoms with E-state index in [1.807, 2.05) is 0 Å². The molecule has 1 aliphatic carbocycles. The van der Waals surface area contributed by atoms with Crippen LogP contribution in [0.1, 0.15) is 57.8 Å². The van der Waals surface area contributed by atoms with Crippen LogP contribution in [-0.2, 0) is 9.53 Å². The molecule has 2 heterocycles.